The van der Waals surface area contributed by atoms with Crippen molar-refractivity contribution < 1.29 is 111 Å². The maximum atomic E-state index is 13.8. The number of halogens is 24. The first-order valence-electron chi connectivity index (χ1n) is 12.0. The van der Waals surface area contributed by atoms with Gasteiger partial charge in [0.25, 0.3) is 0 Å². The average molecular weight is 810 g/mol. The van der Waals surface area contributed by atoms with E-state index in [4.69, 9.17) is 0 Å². The second kappa shape index (κ2) is 15.7. The van der Waals surface area contributed by atoms with E-state index < -0.39 is 162 Å². The van der Waals surface area contributed by atoms with Crippen LogP contribution in [-0.2, 0) is 0 Å². The molecule has 0 fully saturated rings. The van der Waals surface area contributed by atoms with E-state index in [9.17, 15) is 105 Å². The van der Waals surface area contributed by atoms with Crippen molar-refractivity contribution in [2.75, 3.05) is 0 Å². The average Bonchev–Trinajstić information content (AvgIpc) is 3.13. The number of hydrogen-bond acceptors (Lipinski definition) is 0. The highest BCUT2D eigenvalue weighted by Gasteiger charge is 2.35. The van der Waals surface area contributed by atoms with Crippen molar-refractivity contribution in [3.05, 3.63) is 140 Å². The van der Waals surface area contributed by atoms with Crippen molar-refractivity contribution in [2.45, 2.75) is 0 Å². The normalized spacial score (nSPS) is 10.9. The van der Waals surface area contributed by atoms with E-state index in [1.807, 2.05) is 0 Å². The van der Waals surface area contributed by atoms with Gasteiger partial charge in [-0.2, -0.15) is 0 Å². The Balaban J connectivity index is 0.000000360. The highest BCUT2D eigenvalue weighted by molar-refractivity contribution is 5.67. The lowest BCUT2D eigenvalue weighted by Gasteiger charge is -2.10. The molecule has 4 rings (SSSR count). The molecule has 0 aliphatic heterocycles. The Hall–Kier alpha value is -5.36. The van der Waals surface area contributed by atoms with Gasteiger partial charge in [-0.15, -0.1) is 0 Å². The molecule has 0 unspecified atom stereocenters. The third-order valence-electron chi connectivity index (χ3n) is 6.11. The van der Waals surface area contributed by atoms with E-state index in [0.717, 1.165) is 0 Å². The van der Waals surface area contributed by atoms with Crippen LogP contribution in [0.3, 0.4) is 0 Å². The molecule has 0 saturated carbocycles. The standard InChI is InChI=1S/2C14F12.H2O/c2*15-3-1-2(5(17)9(21)13(25)11(23)7(3)19)6(18)10(22)14(26)12(24)8(20)4(1)16;/h;;1H2. The van der Waals surface area contributed by atoms with Crippen LogP contribution in [0.25, 0.3) is 22.3 Å². The third-order valence-corrected chi connectivity index (χ3v) is 6.11. The van der Waals surface area contributed by atoms with Gasteiger partial charge in [0.05, 0.1) is 22.3 Å². The summed E-state index contributed by atoms with van der Waals surface area (Å²) < 4.78 is 324. The first-order chi connectivity index (χ1) is 23.9. The van der Waals surface area contributed by atoms with Gasteiger partial charge in [0.2, 0.25) is 46.5 Å². The van der Waals surface area contributed by atoms with Crippen molar-refractivity contribution in [3.8, 4) is 22.3 Å². The molecule has 0 spiro atoms. The maximum Gasteiger partial charge on any atom is 0.200 e. The summed E-state index contributed by atoms with van der Waals surface area (Å²) in [6, 6.07) is 0. The fraction of sp³-hybridized carbons (Fsp3) is 0. The first-order valence-corrected chi connectivity index (χ1v) is 12.0. The van der Waals surface area contributed by atoms with Crippen LogP contribution in [0.15, 0.2) is 0 Å². The van der Waals surface area contributed by atoms with E-state index in [2.05, 4.69) is 0 Å². The molecule has 4 aliphatic carbocycles. The molecule has 0 saturated heterocycles. The zero-order valence-electron chi connectivity index (χ0n) is 23.6. The van der Waals surface area contributed by atoms with Gasteiger partial charge >= 0.3 is 0 Å². The van der Waals surface area contributed by atoms with E-state index >= 15 is 0 Å². The third kappa shape index (κ3) is 7.07. The number of fused-ring (bicyclic) bond motifs is 2. The van der Waals surface area contributed by atoms with Crippen LogP contribution < -0.4 is 0 Å². The molecule has 0 atom stereocenters. The Labute approximate surface area is 273 Å². The summed E-state index contributed by atoms with van der Waals surface area (Å²) in [7, 11) is 0. The second-order valence-electron chi connectivity index (χ2n) is 9.04. The van der Waals surface area contributed by atoms with Crippen LogP contribution in [0, 0.1) is 140 Å². The topological polar surface area (TPSA) is 31.5 Å². The fourth-order valence-electron chi connectivity index (χ4n) is 3.68. The Kier molecular flexibility index (Phi) is 13.0. The van der Waals surface area contributed by atoms with Gasteiger partial charge in [0.1, 0.15) is 0 Å². The van der Waals surface area contributed by atoms with Crippen LogP contribution in [0.2, 0.25) is 0 Å². The molecule has 0 aromatic heterocycles. The minimum atomic E-state index is -3.11. The molecule has 4 aliphatic rings. The molecular weight excluding hydrogens is 808 g/mol. The van der Waals surface area contributed by atoms with E-state index in [1.165, 1.54) is 0 Å². The number of hydrogen-bond donors (Lipinski definition) is 0. The molecule has 2 N–H and O–H groups in total. The minimum absolute atomic E-state index is 0. The summed E-state index contributed by atoms with van der Waals surface area (Å²) in [4.78, 5) is 0. The molecule has 0 bridgehead atoms. The molecule has 25 heteroatoms. The van der Waals surface area contributed by atoms with Crippen LogP contribution in [0.5, 0.6) is 0 Å². The molecule has 288 valence electrons. The van der Waals surface area contributed by atoms with Crippen molar-refractivity contribution in [3.63, 3.8) is 0 Å². The van der Waals surface area contributed by atoms with Gasteiger partial charge in [-0.3, -0.25) is 0 Å². The Morgan fingerprint density at radius 1 is 0.113 bits per heavy atom. The predicted octanol–water partition coefficient (Wildman–Crippen LogP) is 10.3. The second-order valence-corrected chi connectivity index (χ2v) is 9.04. The van der Waals surface area contributed by atoms with Crippen molar-refractivity contribution >= 4 is 0 Å². The molecule has 0 aromatic rings. The summed E-state index contributed by atoms with van der Waals surface area (Å²) >= 11 is 0. The summed E-state index contributed by atoms with van der Waals surface area (Å²) in [5.74, 6) is -74.2. The first kappa shape index (κ1) is 43.8. The smallest absolute Gasteiger partial charge is 0.200 e. The molecule has 0 radical (unpaired) electrons. The van der Waals surface area contributed by atoms with Crippen LogP contribution >= 0.6 is 0 Å². The quantitative estimate of drug-likeness (QED) is 0.159. The minimum Gasteiger partial charge on any atom is -0.412 e. The predicted molar refractivity (Wildman–Crippen MR) is 124 cm³/mol. The molecular formula is C28H2F24O. The molecule has 0 aromatic carbocycles. The molecule has 1 nitrogen and oxygen atoms in total. The fourth-order valence-corrected chi connectivity index (χ4v) is 3.68. The largest absolute Gasteiger partial charge is 0.412 e. The van der Waals surface area contributed by atoms with Crippen LogP contribution in [-0.4, -0.2) is 5.48 Å². The lowest BCUT2D eigenvalue weighted by molar-refractivity contribution is 0.363. The SMILES string of the molecule is Fc1c(F)c(F)c(F)c2c(F)c(F)c(F)c(F)c(F)c(F)c-2c(F)c1F.Fc1c(F)c(F)c(F)c2c(F)c(F)c(F)c(F)c(F)c(F)c-2c(F)c1F.O. The zero-order chi connectivity index (χ0) is 40.2. The highest BCUT2D eigenvalue weighted by Crippen LogP contribution is 2.38. The number of rotatable bonds is 0. The van der Waals surface area contributed by atoms with Crippen LogP contribution in [0.1, 0.15) is 0 Å². The highest BCUT2D eigenvalue weighted by atomic mass is 19.2. The van der Waals surface area contributed by atoms with Gasteiger partial charge in [0, 0.05) is 0 Å². The maximum absolute atomic E-state index is 13.8. The van der Waals surface area contributed by atoms with Gasteiger partial charge in [-0.25, -0.2) is 105 Å². The van der Waals surface area contributed by atoms with Crippen LogP contribution in [0.4, 0.5) is 105 Å². The van der Waals surface area contributed by atoms with Gasteiger partial charge in [-0.1, -0.05) is 0 Å². The van der Waals surface area contributed by atoms with Gasteiger partial charge in [-0.05, 0) is 0 Å². The van der Waals surface area contributed by atoms with Gasteiger partial charge < -0.3 is 5.48 Å². The molecule has 0 heterocycles. The Bertz CT molecular complexity index is 1790. The molecule has 0 amide bonds. The van der Waals surface area contributed by atoms with Crippen molar-refractivity contribution in [1.29, 1.82) is 0 Å². The Morgan fingerprint density at radius 2 is 0.170 bits per heavy atom. The van der Waals surface area contributed by atoms with E-state index in [0.29, 0.717) is 0 Å². The lowest BCUT2D eigenvalue weighted by atomic mass is 10.0. The molecule has 53 heavy (non-hydrogen) atoms. The lowest BCUT2D eigenvalue weighted by Crippen LogP contribution is -2.09. The summed E-state index contributed by atoms with van der Waals surface area (Å²) in [5, 5.41) is 0. The monoisotopic (exact) mass is 810 g/mol. The van der Waals surface area contributed by atoms with E-state index in [1.54, 1.807) is 0 Å². The van der Waals surface area contributed by atoms with Gasteiger partial charge in [0.15, 0.2) is 93.1 Å². The van der Waals surface area contributed by atoms with Crippen molar-refractivity contribution in [1.82, 2.24) is 0 Å². The zero-order valence-corrected chi connectivity index (χ0v) is 23.6. The van der Waals surface area contributed by atoms with E-state index in [-0.39, 0.29) is 5.48 Å². The summed E-state index contributed by atoms with van der Waals surface area (Å²) in [6.45, 7) is 0. The Morgan fingerprint density at radius 3 is 0.245 bits per heavy atom. The summed E-state index contributed by atoms with van der Waals surface area (Å²) in [5.41, 5.74) is -10.8. The summed E-state index contributed by atoms with van der Waals surface area (Å²) in [6.07, 6.45) is 0. The van der Waals surface area contributed by atoms with Crippen molar-refractivity contribution in [2.24, 2.45) is 0 Å².